The van der Waals surface area contributed by atoms with Crippen molar-refractivity contribution in [3.63, 3.8) is 0 Å². The van der Waals surface area contributed by atoms with E-state index in [0.29, 0.717) is 16.7 Å². The fourth-order valence-electron chi connectivity index (χ4n) is 8.98. The topological polar surface area (TPSA) is 20.2 Å². The van der Waals surface area contributed by atoms with Crippen molar-refractivity contribution in [2.24, 2.45) is 46.3 Å². The molecule has 3 saturated carbocycles. The smallest absolute Gasteiger partial charge is 0.0577 e. The van der Waals surface area contributed by atoms with Crippen LogP contribution in [0.25, 0.3) is 0 Å². The lowest BCUT2D eigenvalue weighted by Crippen LogP contribution is -2.50. The largest absolute Gasteiger partial charge is 0.393 e. The molecule has 170 valence electrons. The number of hydrogen-bond acceptors (Lipinski definition) is 1. The standard InChI is InChI=1S/C29H48O/c1-7-21(19(2)3)9-8-20(4)25-12-13-26-24-11-10-22-18-23(30)14-16-28(22,5)27(24)15-17-29(25,26)6/h7,10,19-20,23-27,30H,8-9,11-18H2,1-6H3/b21-7+/t20-,23-,24-,25+,26-,27-,28-,29+/m0/s1. The monoisotopic (exact) mass is 412 g/mol. The second-order valence-corrected chi connectivity index (χ2v) is 12.4. The Morgan fingerprint density at radius 2 is 1.87 bits per heavy atom. The molecule has 4 rings (SSSR count). The summed E-state index contributed by atoms with van der Waals surface area (Å²) in [6.07, 6.45) is 17.8. The molecule has 30 heavy (non-hydrogen) atoms. The molecular weight excluding hydrogens is 364 g/mol. The first-order chi connectivity index (χ1) is 14.2. The van der Waals surface area contributed by atoms with Gasteiger partial charge in [-0.2, -0.15) is 0 Å². The fraction of sp³-hybridized carbons (Fsp3) is 0.862. The van der Waals surface area contributed by atoms with E-state index in [9.17, 15) is 5.11 Å². The average molecular weight is 413 g/mol. The third-order valence-electron chi connectivity index (χ3n) is 10.8. The summed E-state index contributed by atoms with van der Waals surface area (Å²) in [5.74, 6) is 5.15. The van der Waals surface area contributed by atoms with Gasteiger partial charge in [-0.3, -0.25) is 0 Å². The molecule has 1 N–H and O–H groups in total. The molecule has 3 fully saturated rings. The van der Waals surface area contributed by atoms with Crippen LogP contribution in [0.15, 0.2) is 23.3 Å². The molecular formula is C29H48O. The molecule has 0 bridgehead atoms. The Kier molecular flexibility index (Phi) is 6.35. The highest BCUT2D eigenvalue weighted by molar-refractivity contribution is 5.25. The predicted octanol–water partition coefficient (Wildman–Crippen LogP) is 7.94. The van der Waals surface area contributed by atoms with Crippen molar-refractivity contribution in [1.29, 1.82) is 0 Å². The first-order valence-corrected chi connectivity index (χ1v) is 13.2. The lowest BCUT2D eigenvalue weighted by atomic mass is 9.47. The summed E-state index contributed by atoms with van der Waals surface area (Å²) in [6.45, 7) is 14.7. The number of allylic oxidation sites excluding steroid dienone is 3. The van der Waals surface area contributed by atoms with Gasteiger partial charge in [0.2, 0.25) is 0 Å². The van der Waals surface area contributed by atoms with Crippen LogP contribution < -0.4 is 0 Å². The van der Waals surface area contributed by atoms with E-state index in [0.717, 1.165) is 42.4 Å². The van der Waals surface area contributed by atoms with Gasteiger partial charge < -0.3 is 5.11 Å². The maximum atomic E-state index is 10.2. The summed E-state index contributed by atoms with van der Waals surface area (Å²) in [7, 11) is 0. The summed E-state index contributed by atoms with van der Waals surface area (Å²) in [5, 5.41) is 10.2. The molecule has 1 heteroatoms. The number of rotatable bonds is 5. The first-order valence-electron chi connectivity index (χ1n) is 13.2. The van der Waals surface area contributed by atoms with Gasteiger partial charge in [0.05, 0.1) is 6.10 Å². The zero-order chi connectivity index (χ0) is 21.7. The van der Waals surface area contributed by atoms with Gasteiger partial charge in [0, 0.05) is 0 Å². The molecule has 0 saturated heterocycles. The highest BCUT2D eigenvalue weighted by Crippen LogP contribution is 2.67. The van der Waals surface area contributed by atoms with Crippen LogP contribution in [0.3, 0.4) is 0 Å². The van der Waals surface area contributed by atoms with E-state index in [4.69, 9.17) is 0 Å². The Morgan fingerprint density at radius 3 is 2.57 bits per heavy atom. The van der Waals surface area contributed by atoms with Crippen LogP contribution in [0.2, 0.25) is 0 Å². The van der Waals surface area contributed by atoms with Crippen molar-refractivity contribution in [3.05, 3.63) is 23.3 Å². The zero-order valence-electron chi connectivity index (χ0n) is 20.7. The molecule has 4 aliphatic carbocycles. The van der Waals surface area contributed by atoms with Crippen LogP contribution in [-0.4, -0.2) is 11.2 Å². The van der Waals surface area contributed by atoms with Crippen LogP contribution in [0.5, 0.6) is 0 Å². The molecule has 0 aliphatic heterocycles. The summed E-state index contributed by atoms with van der Waals surface area (Å²) in [5.41, 5.74) is 4.21. The second kappa shape index (κ2) is 8.42. The summed E-state index contributed by atoms with van der Waals surface area (Å²) < 4.78 is 0. The van der Waals surface area contributed by atoms with E-state index in [1.165, 1.54) is 51.4 Å². The Morgan fingerprint density at radius 1 is 1.10 bits per heavy atom. The maximum absolute atomic E-state index is 10.2. The Labute approximate surface area is 186 Å². The van der Waals surface area contributed by atoms with Crippen LogP contribution in [0, 0.1) is 46.3 Å². The molecule has 1 nitrogen and oxygen atoms in total. The highest BCUT2D eigenvalue weighted by Gasteiger charge is 2.59. The van der Waals surface area contributed by atoms with E-state index < -0.39 is 0 Å². The van der Waals surface area contributed by atoms with E-state index in [1.54, 1.807) is 11.1 Å². The molecule has 0 heterocycles. The lowest BCUT2D eigenvalue weighted by molar-refractivity contribution is -0.0571. The SMILES string of the molecule is C/C=C(\CC[C@H](C)[C@H]1CC[C@H]2[C@@H]3CC=C4C[C@@H](O)CC[C@]4(C)[C@H]3CC[C@]12C)C(C)C. The summed E-state index contributed by atoms with van der Waals surface area (Å²) >= 11 is 0. The lowest BCUT2D eigenvalue weighted by Gasteiger charge is -2.58. The number of hydrogen-bond donors (Lipinski definition) is 1. The van der Waals surface area contributed by atoms with Crippen molar-refractivity contribution >= 4 is 0 Å². The molecule has 0 amide bonds. The van der Waals surface area contributed by atoms with Crippen LogP contribution >= 0.6 is 0 Å². The van der Waals surface area contributed by atoms with Crippen molar-refractivity contribution in [3.8, 4) is 0 Å². The van der Waals surface area contributed by atoms with Crippen LogP contribution in [0.1, 0.15) is 106 Å². The van der Waals surface area contributed by atoms with E-state index in [-0.39, 0.29) is 6.10 Å². The molecule has 0 aromatic rings. The minimum Gasteiger partial charge on any atom is -0.393 e. The van der Waals surface area contributed by atoms with E-state index in [1.807, 2.05) is 0 Å². The van der Waals surface area contributed by atoms with Crippen LogP contribution in [0.4, 0.5) is 0 Å². The second-order valence-electron chi connectivity index (χ2n) is 12.4. The molecule has 0 spiro atoms. The minimum absolute atomic E-state index is 0.0839. The minimum atomic E-state index is -0.0839. The predicted molar refractivity (Wildman–Crippen MR) is 128 cm³/mol. The summed E-state index contributed by atoms with van der Waals surface area (Å²) in [4.78, 5) is 0. The quantitative estimate of drug-likeness (QED) is 0.454. The van der Waals surface area contributed by atoms with E-state index >= 15 is 0 Å². The van der Waals surface area contributed by atoms with Gasteiger partial charge in [-0.1, -0.05) is 57.9 Å². The third kappa shape index (κ3) is 3.66. The van der Waals surface area contributed by atoms with Crippen molar-refractivity contribution in [1.82, 2.24) is 0 Å². The summed E-state index contributed by atoms with van der Waals surface area (Å²) in [6, 6.07) is 0. The first kappa shape index (κ1) is 22.6. The van der Waals surface area contributed by atoms with Gasteiger partial charge in [-0.25, -0.2) is 0 Å². The fourth-order valence-corrected chi connectivity index (χ4v) is 8.98. The molecule has 0 unspecified atom stereocenters. The van der Waals surface area contributed by atoms with Crippen molar-refractivity contribution < 1.29 is 5.11 Å². The Hall–Kier alpha value is -0.560. The van der Waals surface area contributed by atoms with Gasteiger partial charge in [0.25, 0.3) is 0 Å². The molecule has 8 atom stereocenters. The molecule has 0 radical (unpaired) electrons. The molecule has 0 aromatic carbocycles. The van der Waals surface area contributed by atoms with E-state index in [2.05, 4.69) is 53.7 Å². The number of fused-ring (bicyclic) bond motifs is 5. The molecule has 0 aromatic heterocycles. The van der Waals surface area contributed by atoms with Gasteiger partial charge in [0.15, 0.2) is 0 Å². The highest BCUT2D eigenvalue weighted by atomic mass is 16.3. The normalized spacial score (nSPS) is 44.9. The Bertz CT molecular complexity index is 686. The molecule has 4 aliphatic rings. The van der Waals surface area contributed by atoms with Gasteiger partial charge in [-0.15, -0.1) is 0 Å². The number of aliphatic hydroxyl groups is 1. The van der Waals surface area contributed by atoms with Crippen molar-refractivity contribution in [2.75, 3.05) is 0 Å². The average Bonchev–Trinajstić information content (AvgIpc) is 3.06. The Balaban J connectivity index is 1.49. The van der Waals surface area contributed by atoms with Gasteiger partial charge in [0.1, 0.15) is 0 Å². The third-order valence-corrected chi connectivity index (χ3v) is 10.8. The van der Waals surface area contributed by atoms with Gasteiger partial charge >= 0.3 is 0 Å². The zero-order valence-corrected chi connectivity index (χ0v) is 20.7. The van der Waals surface area contributed by atoms with Gasteiger partial charge in [-0.05, 0) is 117 Å². The number of aliphatic hydroxyl groups excluding tert-OH is 1. The van der Waals surface area contributed by atoms with Crippen molar-refractivity contribution in [2.45, 2.75) is 112 Å². The maximum Gasteiger partial charge on any atom is 0.0577 e. The van der Waals surface area contributed by atoms with Crippen LogP contribution in [-0.2, 0) is 0 Å².